The van der Waals surface area contributed by atoms with E-state index in [-0.39, 0.29) is 0 Å². The summed E-state index contributed by atoms with van der Waals surface area (Å²) < 4.78 is 0. The highest BCUT2D eigenvalue weighted by Gasteiger charge is 2.25. The molecule has 2 aromatic rings. The van der Waals surface area contributed by atoms with Crippen LogP contribution in [0.2, 0.25) is 0 Å². The molecule has 3 heterocycles. The molecule has 114 valence electrons. The molecule has 0 amide bonds. The molecule has 0 atom stereocenters. The van der Waals surface area contributed by atoms with Gasteiger partial charge in [-0.15, -0.1) is 11.3 Å². The molecule has 1 fully saturated rings. The number of thiophene rings is 1. The van der Waals surface area contributed by atoms with E-state index in [1.54, 1.807) is 11.3 Å². The van der Waals surface area contributed by atoms with Crippen molar-refractivity contribution in [2.24, 2.45) is 4.99 Å². The lowest BCUT2D eigenvalue weighted by molar-refractivity contribution is -0.852. The Morgan fingerprint density at radius 2 is 2.05 bits per heavy atom. The van der Waals surface area contributed by atoms with E-state index >= 15 is 0 Å². The van der Waals surface area contributed by atoms with Gasteiger partial charge in [0, 0.05) is 4.88 Å². The number of aliphatic imine (C=N–C) groups is 1. The van der Waals surface area contributed by atoms with E-state index in [1.165, 1.54) is 15.4 Å². The van der Waals surface area contributed by atoms with Crippen molar-refractivity contribution in [3.63, 3.8) is 0 Å². The second kappa shape index (κ2) is 5.39. The number of nitrogens with one attached hydrogen (secondary N) is 3. The normalized spacial score (nSPS) is 18.1. The standard InChI is InChI=1S/C16H19N5S/c1-11-10-12-15(20-6-8-21(17)9-7-20)18-13-4-2-3-5-14(13)19-16(12)22-11/h2-5,10,17,19,21H,6-9H2,1H3. The third-order valence-corrected chi connectivity index (χ3v) is 5.11. The van der Waals surface area contributed by atoms with E-state index in [0.29, 0.717) is 0 Å². The highest BCUT2D eigenvalue weighted by Crippen LogP contribution is 2.38. The van der Waals surface area contributed by atoms with Crippen LogP contribution in [0, 0.1) is 6.92 Å². The van der Waals surface area contributed by atoms with Crippen LogP contribution in [0.1, 0.15) is 10.4 Å². The Balaban J connectivity index is 1.81. The number of hydrogen-bond acceptors (Lipinski definition) is 4. The van der Waals surface area contributed by atoms with Crippen molar-refractivity contribution >= 4 is 33.5 Å². The van der Waals surface area contributed by atoms with Crippen LogP contribution in [-0.2, 0) is 0 Å². The lowest BCUT2D eigenvalue weighted by Crippen LogP contribution is -3.08. The van der Waals surface area contributed by atoms with Crippen molar-refractivity contribution in [3.05, 3.63) is 46.6 Å². The molecule has 2 aliphatic heterocycles. The second-order valence-electron chi connectivity index (χ2n) is 5.77. The molecule has 0 unspecified atom stereocenters. The average Bonchev–Trinajstić information content (AvgIpc) is 2.80. The van der Waals surface area contributed by atoms with Crippen LogP contribution in [0.3, 0.4) is 0 Å². The molecule has 2 aliphatic rings. The number of amidine groups is 1. The van der Waals surface area contributed by atoms with Gasteiger partial charge in [0.25, 0.3) is 0 Å². The maximum Gasteiger partial charge on any atom is 0.140 e. The van der Waals surface area contributed by atoms with Gasteiger partial charge in [-0.2, -0.15) is 0 Å². The molecule has 6 heteroatoms. The highest BCUT2D eigenvalue weighted by atomic mass is 32.1. The van der Waals surface area contributed by atoms with Crippen molar-refractivity contribution < 1.29 is 5.01 Å². The Hall–Kier alpha value is -1.89. The summed E-state index contributed by atoms with van der Waals surface area (Å²) in [4.78, 5) is 8.57. The zero-order valence-corrected chi connectivity index (χ0v) is 13.3. The first-order valence-corrected chi connectivity index (χ1v) is 8.39. The fraction of sp³-hybridized carbons (Fsp3) is 0.312. The summed E-state index contributed by atoms with van der Waals surface area (Å²) in [7, 11) is 0. The van der Waals surface area contributed by atoms with E-state index in [1.807, 2.05) is 12.1 Å². The molecular formula is C16H19N5S. The summed E-state index contributed by atoms with van der Waals surface area (Å²) in [6.45, 7) is 5.58. The molecule has 5 nitrogen and oxygen atoms in total. The number of benzene rings is 1. The van der Waals surface area contributed by atoms with Gasteiger partial charge in [-0.25, -0.2) is 4.99 Å². The number of anilines is 2. The Bertz CT molecular complexity index is 728. The van der Waals surface area contributed by atoms with Crippen molar-refractivity contribution in [1.29, 1.82) is 0 Å². The van der Waals surface area contributed by atoms with E-state index in [9.17, 15) is 0 Å². The van der Waals surface area contributed by atoms with Crippen LogP contribution < -0.4 is 10.3 Å². The number of fused-ring (bicyclic) bond motifs is 2. The Kier molecular flexibility index (Phi) is 3.37. The molecule has 1 aromatic carbocycles. The lowest BCUT2D eigenvalue weighted by atomic mass is 10.2. The fourth-order valence-corrected chi connectivity index (χ4v) is 3.90. The quantitative estimate of drug-likeness (QED) is 0.784. The van der Waals surface area contributed by atoms with E-state index < -0.39 is 0 Å². The lowest BCUT2D eigenvalue weighted by Gasteiger charge is -2.35. The maximum absolute atomic E-state index is 7.83. The Morgan fingerprint density at radius 3 is 2.86 bits per heavy atom. The van der Waals surface area contributed by atoms with E-state index in [2.05, 4.69) is 35.3 Å². The minimum atomic E-state index is 0.840. The number of piperazine rings is 1. The maximum atomic E-state index is 7.83. The van der Waals surface area contributed by atoms with Gasteiger partial charge < -0.3 is 21.1 Å². The number of nitrogens with zero attached hydrogens (tertiary/aromatic N) is 2. The van der Waals surface area contributed by atoms with Gasteiger partial charge >= 0.3 is 0 Å². The molecule has 4 rings (SSSR count). The topological polar surface area (TPSA) is 55.9 Å². The van der Waals surface area contributed by atoms with Crippen molar-refractivity contribution in [1.82, 2.24) is 4.90 Å². The van der Waals surface area contributed by atoms with Gasteiger partial charge in [0.05, 0.1) is 43.1 Å². The third kappa shape index (κ3) is 2.39. The summed E-state index contributed by atoms with van der Waals surface area (Å²) in [5, 5.41) is 5.56. The van der Waals surface area contributed by atoms with Gasteiger partial charge in [0.2, 0.25) is 0 Å². The average molecular weight is 313 g/mol. The molecule has 0 bridgehead atoms. The number of aryl methyl sites for hydroxylation is 1. The molecule has 22 heavy (non-hydrogen) atoms. The van der Waals surface area contributed by atoms with Crippen LogP contribution in [0.25, 0.3) is 5.84 Å². The zero-order valence-electron chi connectivity index (χ0n) is 12.5. The van der Waals surface area contributed by atoms with E-state index in [4.69, 9.17) is 10.8 Å². The molecular weight excluding hydrogens is 294 g/mol. The number of quaternary nitrogens is 1. The highest BCUT2D eigenvalue weighted by molar-refractivity contribution is 7.16. The molecule has 1 aromatic heterocycles. The van der Waals surface area contributed by atoms with Gasteiger partial charge in [0.15, 0.2) is 0 Å². The first-order valence-electron chi connectivity index (χ1n) is 7.57. The third-order valence-electron chi connectivity index (χ3n) is 4.14. The first kappa shape index (κ1) is 13.8. The van der Waals surface area contributed by atoms with Gasteiger partial charge in [-0.05, 0) is 25.1 Å². The smallest absolute Gasteiger partial charge is 0.140 e. The minimum absolute atomic E-state index is 0.840. The zero-order chi connectivity index (χ0) is 15.1. The van der Waals surface area contributed by atoms with Crippen LogP contribution in [0.5, 0.6) is 0 Å². The van der Waals surface area contributed by atoms with Gasteiger partial charge in [-0.3, -0.25) is 0 Å². The summed E-state index contributed by atoms with van der Waals surface area (Å²) in [5.41, 5.74) is 3.23. The molecule has 0 radical (unpaired) electrons. The molecule has 1 saturated heterocycles. The van der Waals surface area contributed by atoms with Gasteiger partial charge in [0.1, 0.15) is 10.8 Å². The SMILES string of the molecule is Cc1cc2c(s1)Nc1ccccc1N=C2N1CC[NH+]([NH-])CC1. The largest absolute Gasteiger partial charge is 0.469 e. The van der Waals surface area contributed by atoms with Crippen LogP contribution in [0.4, 0.5) is 16.4 Å². The second-order valence-corrected chi connectivity index (χ2v) is 7.02. The first-order chi connectivity index (χ1) is 10.7. The molecule has 0 saturated carbocycles. The minimum Gasteiger partial charge on any atom is -0.469 e. The fourth-order valence-electron chi connectivity index (χ4n) is 2.98. The molecule has 0 aliphatic carbocycles. The summed E-state index contributed by atoms with van der Waals surface area (Å²) in [6.07, 6.45) is 0. The predicted molar refractivity (Wildman–Crippen MR) is 91.6 cm³/mol. The van der Waals surface area contributed by atoms with Gasteiger partial charge in [-0.1, -0.05) is 12.1 Å². The number of hydrogen-bond donors (Lipinski definition) is 2. The van der Waals surface area contributed by atoms with Crippen LogP contribution >= 0.6 is 11.3 Å². The number of para-hydroxylation sites is 2. The van der Waals surface area contributed by atoms with Crippen LogP contribution in [0.15, 0.2) is 35.3 Å². The summed E-state index contributed by atoms with van der Waals surface area (Å²) in [6, 6.07) is 10.4. The molecule has 3 N–H and O–H groups in total. The van der Waals surface area contributed by atoms with Crippen molar-refractivity contribution in [3.8, 4) is 0 Å². The van der Waals surface area contributed by atoms with E-state index in [0.717, 1.165) is 48.4 Å². The predicted octanol–water partition coefficient (Wildman–Crippen LogP) is 2.36. The summed E-state index contributed by atoms with van der Waals surface area (Å²) in [5.74, 6) is 8.87. The molecule has 0 spiro atoms. The van der Waals surface area contributed by atoms with Crippen LogP contribution in [-0.4, -0.2) is 36.9 Å². The van der Waals surface area contributed by atoms with Crippen molar-refractivity contribution in [2.75, 3.05) is 31.5 Å². The summed E-state index contributed by atoms with van der Waals surface area (Å²) >= 11 is 1.77. The number of rotatable bonds is 0. The Labute approximate surface area is 134 Å². The monoisotopic (exact) mass is 313 g/mol. The Morgan fingerprint density at radius 1 is 1.27 bits per heavy atom. The van der Waals surface area contributed by atoms with Crippen molar-refractivity contribution in [2.45, 2.75) is 6.92 Å².